The first-order valence-corrected chi connectivity index (χ1v) is 10.4. The van der Waals surface area contributed by atoms with Gasteiger partial charge in [0.15, 0.2) is 11.6 Å². The predicted octanol–water partition coefficient (Wildman–Crippen LogP) is 5.00. The third-order valence-electron chi connectivity index (χ3n) is 5.56. The molecule has 1 N–H and O–H groups in total. The van der Waals surface area contributed by atoms with Crippen molar-refractivity contribution in [1.82, 2.24) is 0 Å². The second-order valence-electron chi connectivity index (χ2n) is 7.80. The first kappa shape index (κ1) is 23.0. The van der Waals surface area contributed by atoms with Gasteiger partial charge in [-0.2, -0.15) is 0 Å². The summed E-state index contributed by atoms with van der Waals surface area (Å²) in [5.74, 6) is -2.69. The summed E-state index contributed by atoms with van der Waals surface area (Å²) in [6, 6.07) is 13.3. The molecule has 1 heterocycles. The van der Waals surface area contributed by atoms with E-state index in [0.717, 1.165) is 28.2 Å². The number of nitrogens with one attached hydrogen (secondary N) is 1. The molecule has 0 radical (unpaired) electrons. The molecule has 1 aliphatic heterocycles. The molecule has 174 valence electrons. The average molecular weight is 464 g/mol. The number of carbonyl (C=O) groups excluding carboxylic acids is 2. The third kappa shape index (κ3) is 3.98. The van der Waals surface area contributed by atoms with Gasteiger partial charge in [0.05, 0.1) is 31.2 Å². The van der Waals surface area contributed by atoms with E-state index < -0.39 is 23.4 Å². The summed E-state index contributed by atoms with van der Waals surface area (Å²) in [4.78, 5) is 27.9. The minimum absolute atomic E-state index is 0.0201. The maximum Gasteiger partial charge on any atom is 0.282 e. The largest absolute Gasteiger partial charge is 0.497 e. The number of ether oxygens (including phenoxy) is 2. The molecule has 3 aromatic carbocycles. The number of hydrogen-bond acceptors (Lipinski definition) is 5. The van der Waals surface area contributed by atoms with Gasteiger partial charge < -0.3 is 14.8 Å². The molecule has 3 aromatic rings. The maximum absolute atomic E-state index is 14.0. The first-order valence-electron chi connectivity index (χ1n) is 10.4. The fourth-order valence-corrected chi connectivity index (χ4v) is 3.89. The highest BCUT2D eigenvalue weighted by Crippen LogP contribution is 2.38. The van der Waals surface area contributed by atoms with Gasteiger partial charge in [-0.3, -0.25) is 9.59 Å². The Kier molecular flexibility index (Phi) is 6.06. The van der Waals surface area contributed by atoms with E-state index in [0.29, 0.717) is 22.7 Å². The highest BCUT2D eigenvalue weighted by molar-refractivity contribution is 6.46. The van der Waals surface area contributed by atoms with E-state index in [4.69, 9.17) is 9.47 Å². The Morgan fingerprint density at radius 2 is 1.59 bits per heavy atom. The Labute approximate surface area is 195 Å². The van der Waals surface area contributed by atoms with E-state index in [2.05, 4.69) is 5.32 Å². The summed E-state index contributed by atoms with van der Waals surface area (Å²) in [5.41, 5.74) is 2.71. The van der Waals surface area contributed by atoms with Crippen molar-refractivity contribution in [2.24, 2.45) is 0 Å². The molecule has 0 atom stereocenters. The van der Waals surface area contributed by atoms with Crippen molar-refractivity contribution < 1.29 is 27.8 Å². The van der Waals surface area contributed by atoms with E-state index in [9.17, 15) is 18.4 Å². The van der Waals surface area contributed by atoms with E-state index in [1.54, 1.807) is 24.3 Å². The Bertz CT molecular complexity index is 1350. The lowest BCUT2D eigenvalue weighted by Crippen LogP contribution is -2.32. The Balaban J connectivity index is 1.89. The minimum atomic E-state index is -1.16. The van der Waals surface area contributed by atoms with Crippen LogP contribution in [-0.2, 0) is 9.59 Å². The van der Waals surface area contributed by atoms with Crippen molar-refractivity contribution in [3.63, 3.8) is 0 Å². The number of anilines is 2. The molecule has 6 nitrogen and oxygen atoms in total. The first-order chi connectivity index (χ1) is 16.2. The molecule has 0 aliphatic carbocycles. The van der Waals surface area contributed by atoms with Gasteiger partial charge >= 0.3 is 0 Å². The molecule has 0 bridgehead atoms. The monoisotopic (exact) mass is 464 g/mol. The number of aryl methyl sites for hydroxylation is 2. The SMILES string of the molecule is COc1ccc(OC)c(NC2=C(c3ccc(C)cc3C)C(=O)N(c3ccc(F)c(F)c3)C2=O)c1. The molecule has 0 unspecified atom stereocenters. The number of imide groups is 1. The molecule has 2 amide bonds. The molecule has 0 saturated carbocycles. The Morgan fingerprint density at radius 3 is 2.24 bits per heavy atom. The van der Waals surface area contributed by atoms with Crippen LogP contribution in [0.25, 0.3) is 5.57 Å². The zero-order chi connectivity index (χ0) is 24.6. The number of methoxy groups -OCH3 is 2. The molecule has 8 heteroatoms. The number of nitrogens with zero attached hydrogens (tertiary/aromatic N) is 1. The highest BCUT2D eigenvalue weighted by atomic mass is 19.2. The minimum Gasteiger partial charge on any atom is -0.497 e. The van der Waals surface area contributed by atoms with Gasteiger partial charge in [0.2, 0.25) is 0 Å². The van der Waals surface area contributed by atoms with Crippen molar-refractivity contribution in [1.29, 1.82) is 0 Å². The quantitative estimate of drug-likeness (QED) is 0.521. The third-order valence-corrected chi connectivity index (χ3v) is 5.56. The number of amides is 2. The average Bonchev–Trinajstić information content (AvgIpc) is 3.05. The molecule has 0 aromatic heterocycles. The van der Waals surface area contributed by atoms with Gasteiger partial charge in [0, 0.05) is 12.1 Å². The van der Waals surface area contributed by atoms with E-state index in [1.165, 1.54) is 20.3 Å². The summed E-state index contributed by atoms with van der Waals surface area (Å²) in [6.45, 7) is 3.75. The Hall–Kier alpha value is -4.20. The number of carbonyl (C=O) groups is 2. The number of halogens is 2. The van der Waals surface area contributed by atoms with Crippen LogP contribution in [0.1, 0.15) is 16.7 Å². The van der Waals surface area contributed by atoms with E-state index in [1.807, 2.05) is 26.0 Å². The van der Waals surface area contributed by atoms with E-state index in [-0.39, 0.29) is 17.0 Å². The lowest BCUT2D eigenvalue weighted by atomic mass is 9.97. The standard InChI is InChI=1S/C26H22F2N2O4/c1-14-5-8-18(15(2)11-14)23-24(29-21-13-17(33-3)7-10-22(21)34-4)26(32)30(25(23)31)16-6-9-19(27)20(28)12-16/h5-13,29H,1-4H3. The molecular formula is C26H22F2N2O4. The van der Waals surface area contributed by atoms with Crippen LogP contribution in [-0.4, -0.2) is 26.0 Å². The normalized spacial score (nSPS) is 13.5. The summed E-state index contributed by atoms with van der Waals surface area (Å²) >= 11 is 0. The summed E-state index contributed by atoms with van der Waals surface area (Å²) in [6.07, 6.45) is 0. The van der Waals surface area contributed by atoms with Crippen LogP contribution in [0.4, 0.5) is 20.2 Å². The predicted molar refractivity (Wildman–Crippen MR) is 125 cm³/mol. The van der Waals surface area contributed by atoms with Crippen molar-refractivity contribution in [3.8, 4) is 11.5 Å². The smallest absolute Gasteiger partial charge is 0.282 e. The zero-order valence-corrected chi connectivity index (χ0v) is 19.0. The molecule has 0 fully saturated rings. The van der Waals surface area contributed by atoms with Crippen LogP contribution in [0, 0.1) is 25.5 Å². The van der Waals surface area contributed by atoms with Crippen molar-refractivity contribution in [2.75, 3.05) is 24.4 Å². The second-order valence-corrected chi connectivity index (χ2v) is 7.80. The van der Waals surface area contributed by atoms with Gasteiger partial charge in [0.1, 0.15) is 17.2 Å². The van der Waals surface area contributed by atoms with Crippen LogP contribution >= 0.6 is 0 Å². The van der Waals surface area contributed by atoms with Crippen molar-refractivity contribution in [2.45, 2.75) is 13.8 Å². The summed E-state index contributed by atoms with van der Waals surface area (Å²) in [5, 5.41) is 3.03. The van der Waals surface area contributed by atoms with Gasteiger partial charge in [-0.1, -0.05) is 23.8 Å². The maximum atomic E-state index is 14.0. The van der Waals surface area contributed by atoms with Crippen molar-refractivity contribution >= 4 is 28.8 Å². The molecule has 4 rings (SSSR count). The van der Waals surface area contributed by atoms with E-state index >= 15 is 0 Å². The van der Waals surface area contributed by atoms with Gasteiger partial charge in [-0.15, -0.1) is 0 Å². The number of benzene rings is 3. The molecule has 0 saturated heterocycles. The van der Waals surface area contributed by atoms with Crippen molar-refractivity contribution in [3.05, 3.63) is 88.6 Å². The topological polar surface area (TPSA) is 67.9 Å². The summed E-state index contributed by atoms with van der Waals surface area (Å²) in [7, 11) is 2.97. The van der Waals surface area contributed by atoms with Crippen LogP contribution in [0.15, 0.2) is 60.3 Å². The van der Waals surface area contributed by atoms with Crippen LogP contribution in [0.2, 0.25) is 0 Å². The highest BCUT2D eigenvalue weighted by Gasteiger charge is 2.41. The van der Waals surface area contributed by atoms with Gasteiger partial charge in [0.25, 0.3) is 11.8 Å². The van der Waals surface area contributed by atoms with Crippen LogP contribution in [0.3, 0.4) is 0 Å². The lowest BCUT2D eigenvalue weighted by Gasteiger charge is -2.16. The fraction of sp³-hybridized carbons (Fsp3) is 0.154. The van der Waals surface area contributed by atoms with Gasteiger partial charge in [-0.05, 0) is 49.2 Å². The van der Waals surface area contributed by atoms with Crippen LogP contribution in [0.5, 0.6) is 11.5 Å². The number of rotatable bonds is 6. The molecular weight excluding hydrogens is 442 g/mol. The number of hydrogen-bond donors (Lipinski definition) is 1. The molecule has 34 heavy (non-hydrogen) atoms. The van der Waals surface area contributed by atoms with Gasteiger partial charge in [-0.25, -0.2) is 13.7 Å². The molecule has 1 aliphatic rings. The Morgan fingerprint density at radius 1 is 0.824 bits per heavy atom. The zero-order valence-electron chi connectivity index (χ0n) is 19.0. The fourth-order valence-electron chi connectivity index (χ4n) is 3.89. The second kappa shape index (κ2) is 8.97. The molecule has 0 spiro atoms. The van der Waals surface area contributed by atoms with Crippen LogP contribution < -0.4 is 19.7 Å². The summed E-state index contributed by atoms with van der Waals surface area (Å²) < 4.78 is 38.1. The lowest BCUT2D eigenvalue weighted by molar-refractivity contribution is -0.120.